The highest BCUT2D eigenvalue weighted by Crippen LogP contribution is 2.42. The van der Waals surface area contributed by atoms with E-state index < -0.39 is 0 Å². The van der Waals surface area contributed by atoms with Gasteiger partial charge in [0.05, 0.1) is 6.61 Å². The van der Waals surface area contributed by atoms with Gasteiger partial charge in [-0.05, 0) is 32.2 Å². The Morgan fingerprint density at radius 1 is 1.44 bits per heavy atom. The summed E-state index contributed by atoms with van der Waals surface area (Å²) >= 11 is 0. The SMILES string of the molecule is CC1(C)C2CNCC2CN1C1CCOC1=O. The largest absolute Gasteiger partial charge is 0.464 e. The van der Waals surface area contributed by atoms with Gasteiger partial charge >= 0.3 is 5.97 Å². The molecule has 0 aliphatic carbocycles. The zero-order valence-electron chi connectivity index (χ0n) is 10.0. The lowest BCUT2D eigenvalue weighted by atomic mass is 9.84. The lowest BCUT2D eigenvalue weighted by Crippen LogP contribution is -2.51. The second kappa shape index (κ2) is 3.44. The lowest BCUT2D eigenvalue weighted by Gasteiger charge is -2.37. The van der Waals surface area contributed by atoms with E-state index in [0.29, 0.717) is 18.4 Å². The number of carbonyl (C=O) groups is 1. The number of nitrogens with zero attached hydrogens (tertiary/aromatic N) is 1. The van der Waals surface area contributed by atoms with E-state index in [-0.39, 0.29) is 17.6 Å². The molecular weight excluding hydrogens is 204 g/mol. The highest BCUT2D eigenvalue weighted by atomic mass is 16.5. The van der Waals surface area contributed by atoms with E-state index in [0.717, 1.165) is 26.1 Å². The summed E-state index contributed by atoms with van der Waals surface area (Å²) in [5.41, 5.74) is 0.127. The second-order valence-electron chi connectivity index (χ2n) is 5.80. The van der Waals surface area contributed by atoms with Crippen molar-refractivity contribution in [2.45, 2.75) is 31.8 Å². The van der Waals surface area contributed by atoms with Crippen molar-refractivity contribution in [2.24, 2.45) is 11.8 Å². The number of esters is 1. The minimum Gasteiger partial charge on any atom is -0.464 e. The van der Waals surface area contributed by atoms with Gasteiger partial charge in [0.15, 0.2) is 0 Å². The van der Waals surface area contributed by atoms with E-state index in [4.69, 9.17) is 4.74 Å². The Bertz CT molecular complexity index is 316. The normalized spacial score (nSPS) is 42.4. The van der Waals surface area contributed by atoms with E-state index in [1.54, 1.807) is 0 Å². The molecule has 4 heteroatoms. The van der Waals surface area contributed by atoms with Crippen LogP contribution in [0.1, 0.15) is 20.3 Å². The second-order valence-corrected chi connectivity index (χ2v) is 5.80. The average Bonchev–Trinajstić information content (AvgIpc) is 2.85. The fraction of sp³-hybridized carbons (Fsp3) is 0.917. The van der Waals surface area contributed by atoms with Crippen molar-refractivity contribution >= 4 is 5.97 Å². The highest BCUT2D eigenvalue weighted by Gasteiger charge is 2.53. The molecule has 1 N–H and O–H groups in total. The first-order valence-corrected chi connectivity index (χ1v) is 6.25. The molecule has 0 amide bonds. The zero-order valence-corrected chi connectivity index (χ0v) is 10.0. The summed E-state index contributed by atoms with van der Waals surface area (Å²) in [5, 5.41) is 3.46. The number of nitrogens with one attached hydrogen (secondary N) is 1. The number of hydrogen-bond acceptors (Lipinski definition) is 4. The van der Waals surface area contributed by atoms with Gasteiger partial charge in [-0.3, -0.25) is 9.69 Å². The Kier molecular flexibility index (Phi) is 2.27. The van der Waals surface area contributed by atoms with Gasteiger partial charge < -0.3 is 10.1 Å². The summed E-state index contributed by atoms with van der Waals surface area (Å²) in [6.45, 7) is 8.39. The van der Waals surface area contributed by atoms with Gasteiger partial charge in [0, 0.05) is 25.0 Å². The average molecular weight is 224 g/mol. The van der Waals surface area contributed by atoms with Crippen LogP contribution in [0.25, 0.3) is 0 Å². The molecule has 90 valence electrons. The third kappa shape index (κ3) is 1.32. The first-order valence-electron chi connectivity index (χ1n) is 6.25. The van der Waals surface area contributed by atoms with Crippen LogP contribution in [0.2, 0.25) is 0 Å². The number of hydrogen-bond donors (Lipinski definition) is 1. The fourth-order valence-corrected chi connectivity index (χ4v) is 3.75. The maximum atomic E-state index is 11.7. The van der Waals surface area contributed by atoms with E-state index in [9.17, 15) is 4.79 Å². The summed E-state index contributed by atoms with van der Waals surface area (Å²) in [6, 6.07) is 0.0144. The summed E-state index contributed by atoms with van der Waals surface area (Å²) < 4.78 is 5.10. The van der Waals surface area contributed by atoms with Gasteiger partial charge in [0.2, 0.25) is 0 Å². The van der Waals surface area contributed by atoms with Gasteiger partial charge in [0.25, 0.3) is 0 Å². The summed E-state index contributed by atoms with van der Waals surface area (Å²) in [7, 11) is 0. The number of fused-ring (bicyclic) bond motifs is 1. The Hall–Kier alpha value is -0.610. The Balaban J connectivity index is 1.84. The molecule has 3 atom stereocenters. The van der Waals surface area contributed by atoms with Crippen LogP contribution in [0.15, 0.2) is 0 Å². The van der Waals surface area contributed by atoms with Crippen molar-refractivity contribution in [1.82, 2.24) is 10.2 Å². The zero-order chi connectivity index (χ0) is 11.3. The predicted octanol–water partition coefficient (Wildman–Crippen LogP) is 0.232. The molecule has 3 rings (SSSR count). The van der Waals surface area contributed by atoms with Crippen LogP contribution in [-0.4, -0.2) is 48.7 Å². The molecule has 3 unspecified atom stereocenters. The van der Waals surface area contributed by atoms with E-state index in [2.05, 4.69) is 24.1 Å². The van der Waals surface area contributed by atoms with Crippen LogP contribution in [-0.2, 0) is 9.53 Å². The van der Waals surface area contributed by atoms with Crippen LogP contribution in [0.5, 0.6) is 0 Å². The third-order valence-corrected chi connectivity index (χ3v) is 4.70. The lowest BCUT2D eigenvalue weighted by molar-refractivity contribution is -0.143. The van der Waals surface area contributed by atoms with Crippen molar-refractivity contribution < 1.29 is 9.53 Å². The monoisotopic (exact) mass is 224 g/mol. The van der Waals surface area contributed by atoms with Crippen molar-refractivity contribution in [3.05, 3.63) is 0 Å². The summed E-state index contributed by atoms with van der Waals surface area (Å²) in [5.74, 6) is 1.38. The molecule has 3 aliphatic heterocycles. The molecule has 16 heavy (non-hydrogen) atoms. The van der Waals surface area contributed by atoms with Crippen LogP contribution in [0, 0.1) is 11.8 Å². The van der Waals surface area contributed by atoms with E-state index >= 15 is 0 Å². The molecule has 0 aromatic carbocycles. The van der Waals surface area contributed by atoms with Crippen LogP contribution in [0.3, 0.4) is 0 Å². The number of cyclic esters (lactones) is 1. The fourth-order valence-electron chi connectivity index (χ4n) is 3.75. The topological polar surface area (TPSA) is 41.6 Å². The molecule has 3 heterocycles. The summed E-state index contributed by atoms with van der Waals surface area (Å²) in [6.07, 6.45) is 0.870. The molecule has 3 saturated heterocycles. The Morgan fingerprint density at radius 2 is 2.25 bits per heavy atom. The highest BCUT2D eigenvalue weighted by molar-refractivity contribution is 5.77. The van der Waals surface area contributed by atoms with Crippen molar-refractivity contribution in [1.29, 1.82) is 0 Å². The molecule has 3 fully saturated rings. The number of ether oxygens (including phenoxy) is 1. The molecule has 0 spiro atoms. The van der Waals surface area contributed by atoms with Crippen molar-refractivity contribution in [3.63, 3.8) is 0 Å². The quantitative estimate of drug-likeness (QED) is 0.648. The first-order chi connectivity index (χ1) is 7.60. The molecule has 3 aliphatic rings. The predicted molar refractivity (Wildman–Crippen MR) is 60.0 cm³/mol. The third-order valence-electron chi connectivity index (χ3n) is 4.70. The van der Waals surface area contributed by atoms with Gasteiger partial charge in [-0.2, -0.15) is 0 Å². The van der Waals surface area contributed by atoms with Gasteiger partial charge in [0.1, 0.15) is 6.04 Å². The molecule has 0 aromatic heterocycles. The van der Waals surface area contributed by atoms with Crippen molar-refractivity contribution in [2.75, 3.05) is 26.2 Å². The molecule has 4 nitrogen and oxygen atoms in total. The van der Waals surface area contributed by atoms with Gasteiger partial charge in [-0.15, -0.1) is 0 Å². The minimum atomic E-state index is -0.0130. The van der Waals surface area contributed by atoms with E-state index in [1.165, 1.54) is 0 Å². The molecule has 0 saturated carbocycles. The van der Waals surface area contributed by atoms with Crippen LogP contribution in [0.4, 0.5) is 0 Å². The summed E-state index contributed by atoms with van der Waals surface area (Å²) in [4.78, 5) is 14.1. The van der Waals surface area contributed by atoms with Crippen LogP contribution >= 0.6 is 0 Å². The molecule has 0 bridgehead atoms. The maximum absolute atomic E-state index is 11.7. The van der Waals surface area contributed by atoms with E-state index in [1.807, 2.05) is 0 Å². The Morgan fingerprint density at radius 3 is 2.88 bits per heavy atom. The number of likely N-dealkylation sites (tertiary alicyclic amines) is 1. The Labute approximate surface area is 96.3 Å². The van der Waals surface area contributed by atoms with Crippen LogP contribution < -0.4 is 5.32 Å². The number of carbonyl (C=O) groups excluding carboxylic acids is 1. The first kappa shape index (κ1) is 10.5. The molecule has 0 aromatic rings. The smallest absolute Gasteiger partial charge is 0.323 e. The number of rotatable bonds is 1. The molecule has 0 radical (unpaired) electrons. The molecular formula is C12H20N2O2. The van der Waals surface area contributed by atoms with Gasteiger partial charge in [-0.1, -0.05) is 0 Å². The maximum Gasteiger partial charge on any atom is 0.323 e. The standard InChI is InChI=1S/C12H20N2O2/c1-12(2)9-6-13-5-8(9)7-14(12)10-3-4-16-11(10)15/h8-10,13H,3-7H2,1-2H3. The van der Waals surface area contributed by atoms with Crippen molar-refractivity contribution in [3.8, 4) is 0 Å². The minimum absolute atomic E-state index is 0.0130. The van der Waals surface area contributed by atoms with Gasteiger partial charge in [-0.25, -0.2) is 0 Å².